The Hall–Kier alpha value is -2.43. The number of nitrogens with one attached hydrogen (secondary N) is 1. The Morgan fingerprint density at radius 2 is 1.93 bits per heavy atom. The van der Waals surface area contributed by atoms with Gasteiger partial charge in [-0.25, -0.2) is 13.2 Å². The second-order valence-corrected chi connectivity index (χ2v) is 10.0. The van der Waals surface area contributed by atoms with Gasteiger partial charge in [0.15, 0.2) is 0 Å². The highest BCUT2D eigenvalue weighted by Crippen LogP contribution is 2.43. The summed E-state index contributed by atoms with van der Waals surface area (Å²) >= 11 is 4.42. The van der Waals surface area contributed by atoms with Crippen molar-refractivity contribution in [2.45, 2.75) is 16.3 Å². The number of esters is 1. The van der Waals surface area contributed by atoms with Gasteiger partial charge in [0.25, 0.3) is 0 Å². The predicted octanol–water partition coefficient (Wildman–Crippen LogP) is 4.15. The molecule has 0 aliphatic carbocycles. The first-order valence-corrected chi connectivity index (χ1v) is 11.4. The van der Waals surface area contributed by atoms with Gasteiger partial charge in [-0.1, -0.05) is 6.07 Å². The zero-order valence-corrected chi connectivity index (χ0v) is 18.7. The number of thiophene rings is 1. The number of aromatic nitrogens is 1. The molecule has 0 bridgehead atoms. The van der Waals surface area contributed by atoms with Crippen LogP contribution in [0.5, 0.6) is 5.75 Å². The molecular formula is C19H17BrN2O5S2. The molecule has 0 aliphatic rings. The number of benzene rings is 1. The molecule has 152 valence electrons. The molecule has 0 radical (unpaired) electrons. The smallest absolute Gasteiger partial charge is 0.342 e. The topological polar surface area (TPSA) is 94.6 Å². The van der Waals surface area contributed by atoms with Crippen LogP contribution >= 0.6 is 27.3 Å². The molecule has 0 spiro atoms. The number of halogens is 1. The number of carbonyl (C=O) groups is 1. The molecule has 3 rings (SSSR count). The maximum Gasteiger partial charge on any atom is 0.342 e. The van der Waals surface area contributed by atoms with E-state index in [2.05, 4.69) is 26.2 Å². The number of anilines is 1. The van der Waals surface area contributed by atoms with E-state index in [9.17, 15) is 13.2 Å². The van der Waals surface area contributed by atoms with Crippen LogP contribution in [0.2, 0.25) is 0 Å². The van der Waals surface area contributed by atoms with Crippen LogP contribution in [-0.4, -0.2) is 33.6 Å². The molecule has 2 heterocycles. The maximum atomic E-state index is 13.3. The lowest BCUT2D eigenvalue weighted by Gasteiger charge is -2.09. The van der Waals surface area contributed by atoms with E-state index >= 15 is 0 Å². The van der Waals surface area contributed by atoms with Crippen LogP contribution in [0.1, 0.15) is 15.9 Å². The van der Waals surface area contributed by atoms with Gasteiger partial charge in [0, 0.05) is 18.9 Å². The summed E-state index contributed by atoms with van der Waals surface area (Å²) in [5, 5.41) is 3.50. The van der Waals surface area contributed by atoms with E-state index in [0.29, 0.717) is 21.1 Å². The van der Waals surface area contributed by atoms with Crippen molar-refractivity contribution in [3.05, 3.63) is 63.7 Å². The second-order valence-electron chi connectivity index (χ2n) is 5.79. The lowest BCUT2D eigenvalue weighted by molar-refractivity contribution is 0.0598. The van der Waals surface area contributed by atoms with Gasteiger partial charge < -0.3 is 14.8 Å². The van der Waals surface area contributed by atoms with Crippen molar-refractivity contribution in [2.24, 2.45) is 0 Å². The molecule has 0 unspecified atom stereocenters. The summed E-state index contributed by atoms with van der Waals surface area (Å²) in [6.45, 7) is 0.368. The van der Waals surface area contributed by atoms with Crippen molar-refractivity contribution in [3.8, 4) is 5.75 Å². The normalized spacial score (nSPS) is 11.1. The van der Waals surface area contributed by atoms with Gasteiger partial charge in [0.1, 0.15) is 21.2 Å². The third-order valence-corrected chi connectivity index (χ3v) is 8.08. The highest BCUT2D eigenvalue weighted by molar-refractivity contribution is 9.11. The highest BCUT2D eigenvalue weighted by atomic mass is 79.9. The van der Waals surface area contributed by atoms with Crippen LogP contribution in [0, 0.1) is 0 Å². The zero-order valence-electron chi connectivity index (χ0n) is 15.5. The summed E-state index contributed by atoms with van der Waals surface area (Å²) in [6, 6.07) is 9.63. The minimum atomic E-state index is -3.99. The molecular weight excluding hydrogens is 480 g/mol. The fourth-order valence-electron chi connectivity index (χ4n) is 2.60. The Morgan fingerprint density at radius 3 is 2.52 bits per heavy atom. The Labute approximate surface area is 180 Å². The van der Waals surface area contributed by atoms with Crippen LogP contribution in [0.4, 0.5) is 5.00 Å². The highest BCUT2D eigenvalue weighted by Gasteiger charge is 2.33. The summed E-state index contributed by atoms with van der Waals surface area (Å²) in [5.74, 6) is -0.215. The average molecular weight is 497 g/mol. The van der Waals surface area contributed by atoms with Crippen LogP contribution in [0.15, 0.2) is 62.4 Å². The van der Waals surface area contributed by atoms with Gasteiger partial charge >= 0.3 is 5.97 Å². The van der Waals surface area contributed by atoms with E-state index in [1.807, 2.05) is 6.07 Å². The molecule has 1 N–H and O–H groups in total. The molecule has 7 nitrogen and oxygen atoms in total. The Bertz CT molecular complexity index is 1110. The number of rotatable bonds is 7. The van der Waals surface area contributed by atoms with Gasteiger partial charge in [-0.3, -0.25) is 4.98 Å². The molecule has 3 aromatic rings. The number of hydrogen-bond donors (Lipinski definition) is 1. The third kappa shape index (κ3) is 4.44. The molecule has 1 aromatic carbocycles. The number of pyridine rings is 1. The minimum Gasteiger partial charge on any atom is -0.497 e. The summed E-state index contributed by atoms with van der Waals surface area (Å²) < 4.78 is 36.8. The molecule has 0 atom stereocenters. The van der Waals surface area contributed by atoms with Crippen molar-refractivity contribution in [3.63, 3.8) is 0 Å². The largest absolute Gasteiger partial charge is 0.497 e. The minimum absolute atomic E-state index is 0.0379. The summed E-state index contributed by atoms with van der Waals surface area (Å²) in [7, 11) is -1.28. The Balaban J connectivity index is 2.05. The van der Waals surface area contributed by atoms with E-state index in [1.165, 1.54) is 26.4 Å². The van der Waals surface area contributed by atoms with Gasteiger partial charge in [0.05, 0.1) is 22.9 Å². The second kappa shape index (κ2) is 8.93. The first kappa shape index (κ1) is 21.3. The first-order chi connectivity index (χ1) is 13.9. The summed E-state index contributed by atoms with van der Waals surface area (Å²) in [5.41, 5.74) is 0.844. The SMILES string of the molecule is COC(=O)c1c(NCc2cccnc2)sc(Br)c1S(=O)(=O)c1ccc(OC)cc1. The monoisotopic (exact) mass is 496 g/mol. The van der Waals surface area contributed by atoms with Crippen LogP contribution in [0.25, 0.3) is 0 Å². The van der Waals surface area contributed by atoms with Crippen LogP contribution < -0.4 is 10.1 Å². The quantitative estimate of drug-likeness (QED) is 0.490. The summed E-state index contributed by atoms with van der Waals surface area (Å²) in [4.78, 5) is 16.4. The Kier molecular flexibility index (Phi) is 6.56. The van der Waals surface area contributed by atoms with Gasteiger partial charge in [-0.05, 0) is 51.8 Å². The molecule has 2 aromatic heterocycles. The Morgan fingerprint density at radius 1 is 1.21 bits per heavy atom. The molecule has 0 aliphatic heterocycles. The predicted molar refractivity (Wildman–Crippen MR) is 113 cm³/mol. The molecule has 0 amide bonds. The van der Waals surface area contributed by atoms with Crippen molar-refractivity contribution in [2.75, 3.05) is 19.5 Å². The van der Waals surface area contributed by atoms with Gasteiger partial charge in [-0.15, -0.1) is 11.3 Å². The average Bonchev–Trinajstić information content (AvgIpc) is 3.09. The molecule has 0 saturated carbocycles. The summed E-state index contributed by atoms with van der Waals surface area (Å²) in [6.07, 6.45) is 3.34. The van der Waals surface area contributed by atoms with Crippen molar-refractivity contribution in [1.82, 2.24) is 4.98 Å². The first-order valence-electron chi connectivity index (χ1n) is 8.31. The molecule has 0 fully saturated rings. The zero-order chi connectivity index (χ0) is 21.0. The van der Waals surface area contributed by atoms with Gasteiger partial charge in [0.2, 0.25) is 9.84 Å². The fraction of sp³-hybridized carbons (Fsp3) is 0.158. The third-order valence-electron chi connectivity index (χ3n) is 4.03. The van der Waals surface area contributed by atoms with Crippen molar-refractivity contribution < 1.29 is 22.7 Å². The number of sulfone groups is 1. The number of carbonyl (C=O) groups excluding carboxylic acids is 1. The number of hydrogen-bond acceptors (Lipinski definition) is 8. The molecule has 10 heteroatoms. The number of ether oxygens (including phenoxy) is 2. The van der Waals surface area contributed by atoms with E-state index in [0.717, 1.165) is 16.9 Å². The van der Waals surface area contributed by atoms with E-state index in [1.54, 1.807) is 30.6 Å². The number of nitrogens with zero attached hydrogens (tertiary/aromatic N) is 1. The van der Waals surface area contributed by atoms with Crippen LogP contribution in [-0.2, 0) is 21.1 Å². The number of methoxy groups -OCH3 is 2. The van der Waals surface area contributed by atoms with Crippen LogP contribution in [0.3, 0.4) is 0 Å². The maximum absolute atomic E-state index is 13.3. The lowest BCUT2D eigenvalue weighted by atomic mass is 10.2. The van der Waals surface area contributed by atoms with E-state index in [-0.39, 0.29) is 15.4 Å². The van der Waals surface area contributed by atoms with Gasteiger partial charge in [-0.2, -0.15) is 0 Å². The lowest BCUT2D eigenvalue weighted by Crippen LogP contribution is -2.12. The van der Waals surface area contributed by atoms with E-state index in [4.69, 9.17) is 9.47 Å². The fourth-order valence-corrected chi connectivity index (χ4v) is 6.64. The van der Waals surface area contributed by atoms with Crippen molar-refractivity contribution in [1.29, 1.82) is 0 Å². The van der Waals surface area contributed by atoms with Crippen molar-refractivity contribution >= 4 is 48.1 Å². The standard InChI is InChI=1S/C19H17BrN2O5S2/c1-26-13-5-7-14(8-6-13)29(24,25)16-15(19(23)27-2)18(28-17(16)20)22-11-12-4-3-9-21-10-12/h3-10,22H,11H2,1-2H3. The molecule has 0 saturated heterocycles. The van der Waals surface area contributed by atoms with E-state index < -0.39 is 15.8 Å². The molecule has 29 heavy (non-hydrogen) atoms.